The van der Waals surface area contributed by atoms with Gasteiger partial charge >= 0.3 is 0 Å². The van der Waals surface area contributed by atoms with Crippen LogP contribution < -0.4 is 5.32 Å². The van der Waals surface area contributed by atoms with Crippen molar-refractivity contribution in [2.45, 2.75) is 19.4 Å². The fraction of sp³-hybridized carbons (Fsp3) is 0.538. The molecule has 2 rings (SSSR count). The highest BCUT2D eigenvalue weighted by Crippen LogP contribution is 2.23. The maximum Gasteiger partial charge on any atom is 0.257 e. The highest BCUT2D eigenvalue weighted by atomic mass is 19.1. The van der Waals surface area contributed by atoms with Crippen LogP contribution in [0.5, 0.6) is 0 Å². The Hall–Kier alpha value is -1.69. The lowest BCUT2D eigenvalue weighted by molar-refractivity contribution is 0.0758. The first kappa shape index (κ1) is 13.7. The zero-order chi connectivity index (χ0) is 14.0. The minimum atomic E-state index is -0.629. The third-order valence-electron chi connectivity index (χ3n) is 3.55. The molecule has 2 unspecified atom stereocenters. The first-order valence-electron chi connectivity index (χ1n) is 6.34. The second kappa shape index (κ2) is 5.52. The first-order chi connectivity index (χ1) is 9.04. The van der Waals surface area contributed by atoms with E-state index in [1.165, 1.54) is 12.3 Å². The molecule has 0 aromatic carbocycles. The minimum absolute atomic E-state index is 0.0191. The SMILES string of the molecule is CNc1nccc(C(=O)N2CCC(C(C)O)C2)c1F. The molecule has 104 valence electrons. The van der Waals surface area contributed by atoms with Crippen LogP contribution in [0.4, 0.5) is 10.2 Å². The largest absolute Gasteiger partial charge is 0.393 e. The van der Waals surface area contributed by atoms with Crippen molar-refractivity contribution in [1.82, 2.24) is 9.88 Å². The standard InChI is InChI=1S/C13H18FN3O2/c1-8(18)9-4-6-17(7-9)13(19)10-3-5-16-12(15-2)11(10)14/h3,5,8-9,18H,4,6-7H2,1-2H3,(H,15,16). The van der Waals surface area contributed by atoms with Crippen molar-refractivity contribution in [3.8, 4) is 0 Å². The molecule has 1 aliphatic heterocycles. The fourth-order valence-corrected chi connectivity index (χ4v) is 2.32. The number of anilines is 1. The number of rotatable bonds is 3. The molecule has 0 radical (unpaired) electrons. The molecule has 0 spiro atoms. The number of aromatic nitrogens is 1. The van der Waals surface area contributed by atoms with Crippen molar-refractivity contribution in [1.29, 1.82) is 0 Å². The number of aliphatic hydroxyl groups excluding tert-OH is 1. The molecule has 1 saturated heterocycles. The fourth-order valence-electron chi connectivity index (χ4n) is 2.32. The number of hydrogen-bond acceptors (Lipinski definition) is 4. The highest BCUT2D eigenvalue weighted by molar-refractivity contribution is 5.95. The van der Waals surface area contributed by atoms with Crippen LogP contribution in [-0.4, -0.2) is 47.1 Å². The summed E-state index contributed by atoms with van der Waals surface area (Å²) in [6, 6.07) is 1.38. The van der Waals surface area contributed by atoms with Crippen LogP contribution in [0.2, 0.25) is 0 Å². The van der Waals surface area contributed by atoms with Gasteiger partial charge in [-0.05, 0) is 19.4 Å². The maximum atomic E-state index is 14.0. The maximum absolute atomic E-state index is 14.0. The second-order valence-electron chi connectivity index (χ2n) is 4.81. The van der Waals surface area contributed by atoms with Crippen LogP contribution >= 0.6 is 0 Å². The second-order valence-corrected chi connectivity index (χ2v) is 4.81. The molecule has 0 saturated carbocycles. The van der Waals surface area contributed by atoms with Gasteiger partial charge < -0.3 is 15.3 Å². The third kappa shape index (κ3) is 2.68. The van der Waals surface area contributed by atoms with E-state index in [1.54, 1.807) is 18.9 Å². The number of amides is 1. The average molecular weight is 267 g/mol. The minimum Gasteiger partial charge on any atom is -0.393 e. The number of likely N-dealkylation sites (tertiary alicyclic amines) is 1. The molecule has 0 bridgehead atoms. The normalized spacial score (nSPS) is 20.4. The summed E-state index contributed by atoms with van der Waals surface area (Å²) in [6.07, 6.45) is 1.70. The summed E-state index contributed by atoms with van der Waals surface area (Å²) in [7, 11) is 1.55. The van der Waals surface area contributed by atoms with Gasteiger partial charge in [-0.1, -0.05) is 0 Å². The Morgan fingerprint density at radius 2 is 2.42 bits per heavy atom. The van der Waals surface area contributed by atoms with Crippen LogP contribution in [-0.2, 0) is 0 Å². The lowest BCUT2D eigenvalue weighted by atomic mass is 10.0. The number of hydrogen-bond donors (Lipinski definition) is 2. The van der Waals surface area contributed by atoms with E-state index in [0.29, 0.717) is 13.1 Å². The summed E-state index contributed by atoms with van der Waals surface area (Å²) < 4.78 is 14.0. The van der Waals surface area contributed by atoms with Crippen molar-refractivity contribution in [3.63, 3.8) is 0 Å². The third-order valence-corrected chi connectivity index (χ3v) is 3.55. The van der Waals surface area contributed by atoms with Gasteiger partial charge in [0.1, 0.15) is 0 Å². The highest BCUT2D eigenvalue weighted by Gasteiger charge is 2.31. The van der Waals surface area contributed by atoms with Gasteiger partial charge in [-0.3, -0.25) is 4.79 Å². The smallest absolute Gasteiger partial charge is 0.257 e. The van der Waals surface area contributed by atoms with Gasteiger partial charge in [-0.25, -0.2) is 9.37 Å². The molecule has 1 fully saturated rings. The summed E-state index contributed by atoms with van der Waals surface area (Å²) in [5, 5.41) is 12.1. The molecule has 2 atom stereocenters. The number of nitrogens with zero attached hydrogens (tertiary/aromatic N) is 2. The lowest BCUT2D eigenvalue weighted by Gasteiger charge is -2.18. The number of aliphatic hydroxyl groups is 1. The Kier molecular flexibility index (Phi) is 3.99. The summed E-state index contributed by atoms with van der Waals surface area (Å²) in [6.45, 7) is 2.73. The Bertz CT molecular complexity index is 479. The van der Waals surface area contributed by atoms with Gasteiger partial charge in [-0.2, -0.15) is 0 Å². The molecule has 5 nitrogen and oxygen atoms in total. The van der Waals surface area contributed by atoms with E-state index < -0.39 is 11.9 Å². The van der Waals surface area contributed by atoms with Crippen LogP contribution in [0.15, 0.2) is 12.3 Å². The van der Waals surface area contributed by atoms with E-state index in [0.717, 1.165) is 6.42 Å². The van der Waals surface area contributed by atoms with Crippen molar-refractivity contribution in [2.75, 3.05) is 25.5 Å². The summed E-state index contributed by atoms with van der Waals surface area (Å²) >= 11 is 0. The molecule has 2 heterocycles. The quantitative estimate of drug-likeness (QED) is 0.861. The Morgan fingerprint density at radius 3 is 3.00 bits per heavy atom. The molecular weight excluding hydrogens is 249 g/mol. The molecule has 6 heteroatoms. The van der Waals surface area contributed by atoms with E-state index in [1.807, 2.05) is 0 Å². The predicted molar refractivity (Wildman–Crippen MR) is 69.4 cm³/mol. The summed E-state index contributed by atoms with van der Waals surface area (Å²) in [4.78, 5) is 17.6. The summed E-state index contributed by atoms with van der Waals surface area (Å²) in [5.41, 5.74) is 0.0191. The van der Waals surface area contributed by atoms with Gasteiger partial charge in [0.15, 0.2) is 11.6 Å². The van der Waals surface area contributed by atoms with E-state index in [4.69, 9.17) is 0 Å². The molecular formula is C13H18FN3O2. The van der Waals surface area contributed by atoms with Crippen molar-refractivity contribution in [3.05, 3.63) is 23.6 Å². The van der Waals surface area contributed by atoms with Crippen LogP contribution in [0.1, 0.15) is 23.7 Å². The number of halogens is 1. The van der Waals surface area contributed by atoms with E-state index >= 15 is 0 Å². The van der Waals surface area contributed by atoms with Gasteiger partial charge in [-0.15, -0.1) is 0 Å². The molecule has 1 aromatic heterocycles. The summed E-state index contributed by atoms with van der Waals surface area (Å²) in [5.74, 6) is -0.843. The van der Waals surface area contributed by atoms with Gasteiger partial charge in [0, 0.05) is 32.3 Å². The van der Waals surface area contributed by atoms with E-state index in [2.05, 4.69) is 10.3 Å². The van der Waals surface area contributed by atoms with Gasteiger partial charge in [0.25, 0.3) is 5.91 Å². The lowest BCUT2D eigenvalue weighted by Crippen LogP contribution is -2.31. The Morgan fingerprint density at radius 1 is 1.68 bits per heavy atom. The van der Waals surface area contributed by atoms with Crippen LogP contribution in [0.25, 0.3) is 0 Å². The predicted octanol–water partition coefficient (Wildman–Crippen LogP) is 1.11. The zero-order valence-corrected chi connectivity index (χ0v) is 11.1. The van der Waals surface area contributed by atoms with Crippen LogP contribution in [0, 0.1) is 11.7 Å². The topological polar surface area (TPSA) is 65.5 Å². The van der Waals surface area contributed by atoms with E-state index in [-0.39, 0.29) is 23.2 Å². The number of nitrogens with one attached hydrogen (secondary N) is 1. The molecule has 1 aliphatic rings. The van der Waals surface area contributed by atoms with Crippen molar-refractivity contribution < 1.29 is 14.3 Å². The Balaban J connectivity index is 2.17. The monoisotopic (exact) mass is 267 g/mol. The number of carbonyl (C=O) groups excluding carboxylic acids is 1. The van der Waals surface area contributed by atoms with E-state index in [9.17, 15) is 14.3 Å². The first-order valence-corrected chi connectivity index (χ1v) is 6.34. The van der Waals surface area contributed by atoms with Crippen molar-refractivity contribution >= 4 is 11.7 Å². The zero-order valence-electron chi connectivity index (χ0n) is 11.1. The number of pyridine rings is 1. The van der Waals surface area contributed by atoms with Crippen LogP contribution in [0.3, 0.4) is 0 Å². The molecule has 0 aliphatic carbocycles. The molecule has 1 aromatic rings. The molecule has 1 amide bonds. The van der Waals surface area contributed by atoms with Crippen molar-refractivity contribution in [2.24, 2.45) is 5.92 Å². The molecule has 19 heavy (non-hydrogen) atoms. The average Bonchev–Trinajstić information content (AvgIpc) is 2.88. The molecule has 2 N–H and O–H groups in total. The van der Waals surface area contributed by atoms with Gasteiger partial charge in [0.05, 0.1) is 11.7 Å². The number of carbonyl (C=O) groups is 1. The van der Waals surface area contributed by atoms with Gasteiger partial charge in [0.2, 0.25) is 0 Å². The Labute approximate surface area is 111 Å².